The van der Waals surface area contributed by atoms with Crippen LogP contribution < -0.4 is 9.64 Å². The number of ether oxygens (including phenoxy) is 1. The zero-order valence-corrected chi connectivity index (χ0v) is 23.3. The van der Waals surface area contributed by atoms with Gasteiger partial charge in [0.1, 0.15) is 11.9 Å². The molecule has 0 saturated carbocycles. The Morgan fingerprint density at radius 3 is 2.00 bits per heavy atom. The van der Waals surface area contributed by atoms with Crippen molar-refractivity contribution in [3.8, 4) is 5.75 Å². The van der Waals surface area contributed by atoms with Crippen molar-refractivity contribution in [2.45, 2.75) is 37.7 Å². The second kappa shape index (κ2) is 12.8. The van der Waals surface area contributed by atoms with E-state index < -0.39 is 29.7 Å². The molecule has 0 aliphatic carbocycles. The highest BCUT2D eigenvalue weighted by Crippen LogP contribution is 2.42. The summed E-state index contributed by atoms with van der Waals surface area (Å²) in [6, 6.07) is 30.4. The Morgan fingerprint density at radius 1 is 0.857 bits per heavy atom. The van der Waals surface area contributed by atoms with E-state index in [4.69, 9.17) is 4.74 Å². The highest BCUT2D eigenvalue weighted by Gasteiger charge is 2.42. The number of benzene rings is 4. The molecule has 5 rings (SSSR count). The molecule has 1 heterocycles. The van der Waals surface area contributed by atoms with Gasteiger partial charge in [0.05, 0.1) is 12.7 Å². The lowest BCUT2D eigenvalue weighted by molar-refractivity contribution is -0.138. The molecule has 1 amide bonds. The number of aliphatic hydroxyl groups is 1. The van der Waals surface area contributed by atoms with E-state index in [0.717, 1.165) is 17.2 Å². The van der Waals surface area contributed by atoms with Gasteiger partial charge in [-0.25, -0.2) is 0 Å². The molecule has 8 heteroatoms. The molecule has 0 fully saturated rings. The maximum absolute atomic E-state index is 14.3. The lowest BCUT2D eigenvalue weighted by Gasteiger charge is -2.30. The Hall–Kier alpha value is -4.14. The number of amides is 1. The number of aliphatic hydroxyl groups excluding tert-OH is 1. The topological polar surface area (TPSA) is 53.0 Å². The lowest BCUT2D eigenvalue weighted by atomic mass is 9.86. The van der Waals surface area contributed by atoms with Crippen LogP contribution in [0.5, 0.6) is 5.75 Å². The highest BCUT2D eigenvalue weighted by atomic mass is 19.4. The third kappa shape index (κ3) is 6.66. The number of carbonyl (C=O) groups excluding carboxylic acids is 1. The van der Waals surface area contributed by atoms with Crippen LogP contribution in [0.2, 0.25) is 0 Å². The third-order valence-electron chi connectivity index (χ3n) is 7.75. The number of fused-ring (bicyclic) bond motifs is 1. The summed E-state index contributed by atoms with van der Waals surface area (Å²) in [5.41, 5.74) is 2.12. The fraction of sp³-hybridized carbons (Fsp3) is 0.265. The van der Waals surface area contributed by atoms with Gasteiger partial charge in [-0.05, 0) is 52.9 Å². The predicted molar refractivity (Wildman–Crippen MR) is 156 cm³/mol. The summed E-state index contributed by atoms with van der Waals surface area (Å²) in [7, 11) is 1.52. The molecule has 4 aromatic carbocycles. The van der Waals surface area contributed by atoms with Gasteiger partial charge in [0.15, 0.2) is 0 Å². The second-order valence-corrected chi connectivity index (χ2v) is 10.5. The molecule has 0 saturated heterocycles. The monoisotopic (exact) mass is 574 g/mol. The molecule has 0 spiro atoms. The highest BCUT2D eigenvalue weighted by molar-refractivity contribution is 5.99. The number of alkyl halides is 3. The Balaban J connectivity index is 1.49. The van der Waals surface area contributed by atoms with E-state index in [1.165, 1.54) is 18.1 Å². The number of carbonyl (C=O) groups is 1. The molecule has 2 atom stereocenters. The fourth-order valence-corrected chi connectivity index (χ4v) is 5.61. The Morgan fingerprint density at radius 2 is 1.45 bits per heavy atom. The molecule has 4 aromatic rings. The number of nitrogens with zero attached hydrogens (tertiary/aromatic N) is 2. The summed E-state index contributed by atoms with van der Waals surface area (Å²) < 4.78 is 48.0. The predicted octanol–water partition coefficient (Wildman–Crippen LogP) is 6.45. The summed E-state index contributed by atoms with van der Waals surface area (Å²) in [4.78, 5) is 17.3. The SMILES string of the molecule is COc1ccc([C@@H]2Cc3c(cccc3C(F)(F)F)N(CCN(Cc3ccccc3)Cc3ccccc3)C(=O)[C@@H]2O)cc1. The average Bonchev–Trinajstić information content (AvgIpc) is 3.10. The van der Waals surface area contributed by atoms with E-state index in [1.807, 2.05) is 60.7 Å². The Kier molecular flexibility index (Phi) is 8.94. The minimum Gasteiger partial charge on any atom is -0.497 e. The summed E-state index contributed by atoms with van der Waals surface area (Å²) >= 11 is 0. The van der Waals surface area contributed by atoms with Crippen LogP contribution in [0.1, 0.15) is 33.7 Å². The Bertz CT molecular complexity index is 1440. The molecule has 1 aliphatic rings. The average molecular weight is 575 g/mol. The van der Waals surface area contributed by atoms with Crippen LogP contribution in [0.4, 0.5) is 18.9 Å². The van der Waals surface area contributed by atoms with Gasteiger partial charge < -0.3 is 14.7 Å². The van der Waals surface area contributed by atoms with Crippen molar-refractivity contribution in [2.75, 3.05) is 25.1 Å². The van der Waals surface area contributed by atoms with Crippen molar-refractivity contribution in [1.29, 1.82) is 0 Å². The van der Waals surface area contributed by atoms with Crippen molar-refractivity contribution in [3.63, 3.8) is 0 Å². The number of rotatable bonds is 9. The largest absolute Gasteiger partial charge is 0.497 e. The molecule has 42 heavy (non-hydrogen) atoms. The third-order valence-corrected chi connectivity index (χ3v) is 7.75. The second-order valence-electron chi connectivity index (χ2n) is 10.5. The van der Waals surface area contributed by atoms with Gasteiger partial charge >= 0.3 is 6.18 Å². The quantitative estimate of drug-likeness (QED) is 0.250. The summed E-state index contributed by atoms with van der Waals surface area (Å²) in [6.07, 6.45) is -6.28. The minimum atomic E-state index is -4.62. The van der Waals surface area contributed by atoms with Crippen molar-refractivity contribution >= 4 is 11.6 Å². The maximum Gasteiger partial charge on any atom is 0.416 e. The van der Waals surface area contributed by atoms with Crippen molar-refractivity contribution in [3.05, 3.63) is 131 Å². The zero-order chi connectivity index (χ0) is 29.7. The fourth-order valence-electron chi connectivity index (χ4n) is 5.61. The molecule has 5 nitrogen and oxygen atoms in total. The van der Waals surface area contributed by atoms with Gasteiger partial charge in [0.2, 0.25) is 0 Å². The van der Waals surface area contributed by atoms with Gasteiger partial charge in [0.25, 0.3) is 5.91 Å². The first-order valence-electron chi connectivity index (χ1n) is 13.9. The van der Waals surface area contributed by atoms with E-state index in [-0.39, 0.29) is 24.2 Å². The van der Waals surface area contributed by atoms with E-state index in [1.54, 1.807) is 30.3 Å². The van der Waals surface area contributed by atoms with Gasteiger partial charge in [-0.15, -0.1) is 0 Å². The number of hydrogen-bond donors (Lipinski definition) is 1. The standard InChI is InChI=1S/C34H33F3N2O3/c1-42-27-17-15-26(16-18-27)28-21-29-30(34(35,36)37)13-8-14-31(29)39(33(41)32(28)40)20-19-38(22-24-9-4-2-5-10-24)23-25-11-6-3-7-12-25/h2-18,28,32,40H,19-23H2,1H3/t28-,32+/m0/s1. The summed E-state index contributed by atoms with van der Waals surface area (Å²) in [5, 5.41) is 11.4. The van der Waals surface area contributed by atoms with Gasteiger partial charge in [-0.1, -0.05) is 78.9 Å². The van der Waals surface area contributed by atoms with Crippen LogP contribution in [0.25, 0.3) is 0 Å². The van der Waals surface area contributed by atoms with E-state index in [0.29, 0.717) is 30.9 Å². The van der Waals surface area contributed by atoms with Crippen LogP contribution in [0.3, 0.4) is 0 Å². The number of hydrogen-bond acceptors (Lipinski definition) is 4. The van der Waals surface area contributed by atoms with Gasteiger partial charge in [0, 0.05) is 37.8 Å². The molecule has 218 valence electrons. The normalized spacial score (nSPS) is 17.2. The smallest absolute Gasteiger partial charge is 0.416 e. The molecule has 0 bridgehead atoms. The van der Waals surface area contributed by atoms with Crippen LogP contribution in [-0.2, 0) is 30.5 Å². The molecule has 0 unspecified atom stereocenters. The van der Waals surface area contributed by atoms with Crippen LogP contribution >= 0.6 is 0 Å². The first-order valence-corrected chi connectivity index (χ1v) is 13.9. The first-order chi connectivity index (χ1) is 20.2. The van der Waals surface area contributed by atoms with Crippen LogP contribution in [0.15, 0.2) is 103 Å². The number of methoxy groups -OCH3 is 1. The summed E-state index contributed by atoms with van der Waals surface area (Å²) in [6.45, 7) is 1.67. The summed E-state index contributed by atoms with van der Waals surface area (Å²) in [5.74, 6) is -0.906. The number of anilines is 1. The molecule has 0 radical (unpaired) electrons. The lowest BCUT2D eigenvalue weighted by Crippen LogP contribution is -2.44. The molecule has 1 N–H and O–H groups in total. The van der Waals surface area contributed by atoms with Gasteiger partial charge in [-0.2, -0.15) is 13.2 Å². The van der Waals surface area contributed by atoms with Gasteiger partial charge in [-0.3, -0.25) is 9.69 Å². The maximum atomic E-state index is 14.3. The molecular weight excluding hydrogens is 541 g/mol. The zero-order valence-electron chi connectivity index (χ0n) is 23.3. The minimum absolute atomic E-state index is 0.00777. The Labute approximate surface area is 243 Å². The van der Waals surface area contributed by atoms with Crippen LogP contribution in [0, 0.1) is 0 Å². The van der Waals surface area contributed by atoms with Crippen LogP contribution in [-0.4, -0.2) is 42.2 Å². The first kappa shape index (κ1) is 29.4. The van der Waals surface area contributed by atoms with Crippen molar-refractivity contribution in [2.24, 2.45) is 0 Å². The van der Waals surface area contributed by atoms with Crippen molar-refractivity contribution < 1.29 is 27.8 Å². The van der Waals surface area contributed by atoms with E-state index in [9.17, 15) is 23.1 Å². The van der Waals surface area contributed by atoms with Crippen molar-refractivity contribution in [1.82, 2.24) is 4.90 Å². The van der Waals surface area contributed by atoms with E-state index in [2.05, 4.69) is 4.90 Å². The molecular formula is C34H33F3N2O3. The number of halogens is 3. The van der Waals surface area contributed by atoms with E-state index >= 15 is 0 Å². The molecule has 0 aromatic heterocycles. The molecule has 1 aliphatic heterocycles.